The van der Waals surface area contributed by atoms with E-state index in [0.717, 1.165) is 30.9 Å². The van der Waals surface area contributed by atoms with E-state index >= 15 is 0 Å². The number of aromatic nitrogens is 3. The predicted octanol–water partition coefficient (Wildman–Crippen LogP) is 2.43. The molecule has 3 heterocycles. The van der Waals surface area contributed by atoms with Gasteiger partial charge in [0.15, 0.2) is 0 Å². The fourth-order valence-electron chi connectivity index (χ4n) is 4.09. The number of methoxy groups -OCH3 is 1. The second-order valence-electron chi connectivity index (χ2n) is 8.22. The molecule has 1 fully saturated rings. The van der Waals surface area contributed by atoms with Gasteiger partial charge in [-0.1, -0.05) is 12.1 Å². The van der Waals surface area contributed by atoms with Crippen LogP contribution < -0.4 is 10.3 Å². The van der Waals surface area contributed by atoms with Crippen molar-refractivity contribution >= 4 is 5.91 Å². The molecule has 0 radical (unpaired) electrons. The monoisotopic (exact) mass is 447 g/mol. The Morgan fingerprint density at radius 1 is 1.06 bits per heavy atom. The van der Waals surface area contributed by atoms with Gasteiger partial charge < -0.3 is 14.6 Å². The zero-order chi connectivity index (χ0) is 23.2. The van der Waals surface area contributed by atoms with Crippen molar-refractivity contribution in [3.8, 4) is 17.1 Å². The van der Waals surface area contributed by atoms with Gasteiger partial charge in [-0.05, 0) is 43.2 Å². The number of carbonyl (C=O) groups excluding carboxylic acids is 1. The third-order valence-electron chi connectivity index (χ3n) is 6.06. The molecule has 0 aliphatic carbocycles. The summed E-state index contributed by atoms with van der Waals surface area (Å²) in [7, 11) is 1.66. The number of ether oxygens (including phenoxy) is 1. The number of hydrogen-bond donors (Lipinski definition) is 1. The number of nitrogens with one attached hydrogen (secondary N) is 1. The van der Waals surface area contributed by atoms with Crippen LogP contribution in [0.15, 0.2) is 53.6 Å². The van der Waals surface area contributed by atoms with E-state index in [9.17, 15) is 9.59 Å². The quantitative estimate of drug-likeness (QED) is 0.598. The van der Waals surface area contributed by atoms with E-state index in [1.807, 2.05) is 24.0 Å². The van der Waals surface area contributed by atoms with Crippen LogP contribution in [0, 0.1) is 6.92 Å². The molecule has 0 saturated carbocycles. The molecule has 2 aromatic heterocycles. The summed E-state index contributed by atoms with van der Waals surface area (Å²) in [5.74, 6) is 1.45. The standard InChI is InChI=1S/C25H29N5O3/c1-18-22(25(32)28-24(27-18)20-9-11-26-12-10-20)7-8-23(31)30-15-13-29(14-16-30)17-19-3-5-21(33-2)6-4-19/h3-6,9-12H,7-8,13-17H2,1-2H3,(H,27,28,32). The molecule has 1 aliphatic heterocycles. The molecule has 0 unspecified atom stereocenters. The molecular formula is C25H29N5O3. The Labute approximate surface area is 193 Å². The summed E-state index contributed by atoms with van der Waals surface area (Å²) in [6.07, 6.45) is 4.01. The highest BCUT2D eigenvalue weighted by molar-refractivity contribution is 5.76. The lowest BCUT2D eigenvalue weighted by atomic mass is 10.1. The molecule has 0 spiro atoms. The first kappa shape index (κ1) is 22.7. The Bertz CT molecular complexity index is 1140. The first-order valence-electron chi connectivity index (χ1n) is 11.2. The summed E-state index contributed by atoms with van der Waals surface area (Å²) in [4.78, 5) is 41.0. The number of rotatable bonds is 7. The first-order chi connectivity index (χ1) is 16.0. The van der Waals surface area contributed by atoms with Gasteiger partial charge in [-0.25, -0.2) is 4.98 Å². The molecule has 8 nitrogen and oxygen atoms in total. The van der Waals surface area contributed by atoms with E-state index in [0.29, 0.717) is 43.0 Å². The molecular weight excluding hydrogens is 418 g/mol. The van der Waals surface area contributed by atoms with E-state index in [2.05, 4.69) is 32.0 Å². The summed E-state index contributed by atoms with van der Waals surface area (Å²) < 4.78 is 5.21. The molecule has 1 N–H and O–H groups in total. The summed E-state index contributed by atoms with van der Waals surface area (Å²) in [5, 5.41) is 0. The SMILES string of the molecule is COc1ccc(CN2CCN(C(=O)CCc3c(C)nc(-c4ccncc4)[nH]c3=O)CC2)cc1. The molecule has 8 heteroatoms. The number of aromatic amines is 1. The Kier molecular flexibility index (Phi) is 7.14. The minimum Gasteiger partial charge on any atom is -0.497 e. The number of piperazine rings is 1. The highest BCUT2D eigenvalue weighted by Crippen LogP contribution is 2.16. The number of amides is 1. The van der Waals surface area contributed by atoms with Crippen LogP contribution in [0.25, 0.3) is 11.4 Å². The average molecular weight is 448 g/mol. The van der Waals surface area contributed by atoms with Crippen molar-refractivity contribution in [2.75, 3.05) is 33.3 Å². The van der Waals surface area contributed by atoms with E-state index in [4.69, 9.17) is 4.74 Å². The lowest BCUT2D eigenvalue weighted by Gasteiger charge is -2.34. The summed E-state index contributed by atoms with van der Waals surface area (Å²) in [5.41, 5.74) is 3.07. The van der Waals surface area contributed by atoms with Crippen molar-refractivity contribution in [1.82, 2.24) is 24.8 Å². The number of H-pyrrole nitrogens is 1. The topological polar surface area (TPSA) is 91.4 Å². The first-order valence-corrected chi connectivity index (χ1v) is 11.2. The molecule has 172 valence electrons. The van der Waals surface area contributed by atoms with Crippen molar-refractivity contribution in [3.05, 3.63) is 76.0 Å². The lowest BCUT2D eigenvalue weighted by Crippen LogP contribution is -2.48. The van der Waals surface area contributed by atoms with Crippen LogP contribution in [0.1, 0.15) is 23.2 Å². The highest BCUT2D eigenvalue weighted by atomic mass is 16.5. The van der Waals surface area contributed by atoms with Crippen LogP contribution in [0.3, 0.4) is 0 Å². The maximum absolute atomic E-state index is 12.8. The Balaban J connectivity index is 1.29. The van der Waals surface area contributed by atoms with Crippen LogP contribution in [0.4, 0.5) is 0 Å². The molecule has 3 aromatic rings. The normalized spacial score (nSPS) is 14.3. The van der Waals surface area contributed by atoms with Crippen molar-refractivity contribution in [2.24, 2.45) is 0 Å². The van der Waals surface area contributed by atoms with E-state index in [1.165, 1.54) is 5.56 Å². The number of aryl methyl sites for hydroxylation is 1. The largest absolute Gasteiger partial charge is 0.497 e. The van der Waals surface area contributed by atoms with Crippen LogP contribution in [-0.2, 0) is 17.8 Å². The Hall–Kier alpha value is -3.52. The smallest absolute Gasteiger partial charge is 0.254 e. The zero-order valence-electron chi connectivity index (χ0n) is 19.1. The summed E-state index contributed by atoms with van der Waals surface area (Å²) in [6.45, 7) is 5.74. The van der Waals surface area contributed by atoms with Crippen LogP contribution >= 0.6 is 0 Å². The van der Waals surface area contributed by atoms with Gasteiger partial charge >= 0.3 is 0 Å². The molecule has 33 heavy (non-hydrogen) atoms. The number of nitrogens with zero attached hydrogens (tertiary/aromatic N) is 4. The fourth-order valence-corrected chi connectivity index (χ4v) is 4.09. The van der Waals surface area contributed by atoms with Gasteiger partial charge in [0.05, 0.1) is 7.11 Å². The van der Waals surface area contributed by atoms with Gasteiger partial charge in [0.1, 0.15) is 11.6 Å². The number of pyridine rings is 1. The van der Waals surface area contributed by atoms with Crippen LogP contribution in [0.5, 0.6) is 5.75 Å². The maximum Gasteiger partial charge on any atom is 0.254 e. The van der Waals surface area contributed by atoms with E-state index < -0.39 is 0 Å². The fraction of sp³-hybridized carbons (Fsp3) is 0.360. The van der Waals surface area contributed by atoms with Gasteiger partial charge in [-0.2, -0.15) is 0 Å². The van der Waals surface area contributed by atoms with Crippen molar-refractivity contribution < 1.29 is 9.53 Å². The lowest BCUT2D eigenvalue weighted by molar-refractivity contribution is -0.133. The second-order valence-corrected chi connectivity index (χ2v) is 8.22. The van der Waals surface area contributed by atoms with Gasteiger partial charge in [-0.3, -0.25) is 19.5 Å². The van der Waals surface area contributed by atoms with E-state index in [-0.39, 0.29) is 11.5 Å². The third-order valence-corrected chi connectivity index (χ3v) is 6.06. The third kappa shape index (κ3) is 5.64. The average Bonchev–Trinajstić information content (AvgIpc) is 2.85. The second kappa shape index (κ2) is 10.4. The molecule has 1 amide bonds. The van der Waals surface area contributed by atoms with Gasteiger partial charge in [0.25, 0.3) is 5.56 Å². The Morgan fingerprint density at radius 2 is 1.76 bits per heavy atom. The molecule has 1 aliphatic rings. The van der Waals surface area contributed by atoms with Crippen molar-refractivity contribution in [3.63, 3.8) is 0 Å². The van der Waals surface area contributed by atoms with Gasteiger partial charge in [0, 0.05) is 68.4 Å². The van der Waals surface area contributed by atoms with Gasteiger partial charge in [-0.15, -0.1) is 0 Å². The molecule has 4 rings (SSSR count). The van der Waals surface area contributed by atoms with Crippen molar-refractivity contribution in [1.29, 1.82) is 0 Å². The van der Waals surface area contributed by atoms with E-state index in [1.54, 1.807) is 31.6 Å². The van der Waals surface area contributed by atoms with Crippen LogP contribution in [0.2, 0.25) is 0 Å². The number of hydrogen-bond acceptors (Lipinski definition) is 6. The minimum atomic E-state index is -0.188. The molecule has 0 bridgehead atoms. The molecule has 0 atom stereocenters. The predicted molar refractivity (Wildman–Crippen MR) is 126 cm³/mol. The minimum absolute atomic E-state index is 0.0797. The zero-order valence-corrected chi connectivity index (χ0v) is 19.1. The van der Waals surface area contributed by atoms with Gasteiger partial charge in [0.2, 0.25) is 5.91 Å². The number of benzene rings is 1. The summed E-state index contributed by atoms with van der Waals surface area (Å²) in [6, 6.07) is 11.7. The number of carbonyl (C=O) groups is 1. The summed E-state index contributed by atoms with van der Waals surface area (Å²) >= 11 is 0. The Morgan fingerprint density at radius 3 is 2.39 bits per heavy atom. The highest BCUT2D eigenvalue weighted by Gasteiger charge is 2.22. The molecule has 1 aromatic carbocycles. The van der Waals surface area contributed by atoms with Crippen molar-refractivity contribution in [2.45, 2.75) is 26.3 Å². The van der Waals surface area contributed by atoms with Crippen LogP contribution in [-0.4, -0.2) is 63.9 Å². The molecule has 1 saturated heterocycles. The maximum atomic E-state index is 12.8.